The lowest BCUT2D eigenvalue weighted by molar-refractivity contribution is -0.143. The van der Waals surface area contributed by atoms with Crippen LogP contribution >= 0.6 is 31.4 Å². The van der Waals surface area contributed by atoms with Crippen LogP contribution < -0.4 is 21.8 Å². The van der Waals surface area contributed by atoms with Gasteiger partial charge in [-0.3, -0.25) is 13.9 Å². The summed E-state index contributed by atoms with van der Waals surface area (Å²) in [6.07, 6.45) is -3.33. The molecule has 1 aromatic heterocycles. The molecule has 3 rings (SSSR count). The van der Waals surface area contributed by atoms with Crippen LogP contribution in [0.5, 0.6) is 0 Å². The Morgan fingerprint density at radius 1 is 1.41 bits per heavy atom. The predicted octanol–water partition coefficient (Wildman–Crippen LogP) is 2.49. The van der Waals surface area contributed by atoms with Crippen molar-refractivity contribution in [3.63, 3.8) is 0 Å². The zero-order valence-corrected chi connectivity index (χ0v) is 24.1. The molecule has 15 heteroatoms. The molecule has 2 aromatic rings. The molecule has 1 aromatic carbocycles. The van der Waals surface area contributed by atoms with Gasteiger partial charge in [-0.2, -0.15) is 4.98 Å². The van der Waals surface area contributed by atoms with E-state index in [1.165, 1.54) is 19.4 Å². The Labute approximate surface area is 223 Å². The second kappa shape index (κ2) is 12.0. The number of anilines is 1. The Bertz CT molecular complexity index is 1210. The van der Waals surface area contributed by atoms with Crippen LogP contribution in [0, 0.1) is 5.92 Å². The van der Waals surface area contributed by atoms with Gasteiger partial charge in [-0.05, 0) is 36.3 Å². The first-order valence-electron chi connectivity index (χ1n) is 11.3. The number of nitrogens with two attached hydrogens (primary N) is 1. The van der Waals surface area contributed by atoms with Crippen molar-refractivity contribution in [3.8, 4) is 0 Å². The third-order valence-electron chi connectivity index (χ3n) is 5.79. The molecule has 0 spiro atoms. The molecule has 1 fully saturated rings. The second-order valence-electron chi connectivity index (χ2n) is 9.01. The molecule has 37 heavy (non-hydrogen) atoms. The molecule has 0 aliphatic carbocycles. The number of nitrogen functional groups attached to an aromatic ring is 1. The van der Waals surface area contributed by atoms with E-state index in [2.05, 4.69) is 26.0 Å². The van der Waals surface area contributed by atoms with Crippen LogP contribution in [0.4, 0.5) is 10.2 Å². The SMILES string of the molecule is COC(=O)[C@@H](NP(=O)(OC[C@H]1O[C@@H](n2ccc(N)nc2=O)[C@](C)(F)[C@@H]1O)Pc1ccc(Br)cc1)C(C)C. The van der Waals surface area contributed by atoms with Gasteiger partial charge in [-0.15, -0.1) is 0 Å². The standard InChI is InChI=1S/C22H30BrFN4O7P2/c1-12(2)17(19(30)33-4)27-37(32,36-14-7-5-13(23)6-8-14)34-11-15-18(29)22(3,24)20(35-15)28-10-9-16(25)26-21(28)31/h5-10,12,15,17-18,20,29,36H,11H2,1-4H3,(H,27,32)(H2,25,26,31)/t15-,17+,18-,20-,22-,37?/m1/s1. The van der Waals surface area contributed by atoms with E-state index in [1.807, 2.05) is 0 Å². The molecule has 0 radical (unpaired) electrons. The molecule has 11 nitrogen and oxygen atoms in total. The summed E-state index contributed by atoms with van der Waals surface area (Å²) >= 11 is 3.35. The van der Waals surface area contributed by atoms with Gasteiger partial charge >= 0.3 is 11.7 Å². The number of aromatic nitrogens is 2. The Morgan fingerprint density at radius 3 is 2.62 bits per heavy atom. The molecule has 2 heterocycles. The number of hydrogen-bond donors (Lipinski definition) is 3. The number of rotatable bonds is 10. The van der Waals surface area contributed by atoms with Crippen molar-refractivity contribution in [2.24, 2.45) is 5.92 Å². The van der Waals surface area contributed by atoms with Gasteiger partial charge in [0.05, 0.1) is 13.7 Å². The van der Waals surface area contributed by atoms with Crippen molar-refractivity contribution in [1.29, 1.82) is 0 Å². The second-order valence-corrected chi connectivity index (χ2v) is 14.8. The molecule has 1 saturated heterocycles. The minimum Gasteiger partial charge on any atom is -0.468 e. The van der Waals surface area contributed by atoms with Gasteiger partial charge in [-0.25, -0.2) is 14.3 Å². The summed E-state index contributed by atoms with van der Waals surface area (Å²) in [6, 6.07) is 7.39. The van der Waals surface area contributed by atoms with Crippen molar-refractivity contribution < 1.29 is 32.9 Å². The Hall–Kier alpha value is -1.72. The Morgan fingerprint density at radius 2 is 2.05 bits per heavy atom. The van der Waals surface area contributed by atoms with Crippen LogP contribution in [0.3, 0.4) is 0 Å². The third-order valence-corrected chi connectivity index (χ3v) is 10.8. The maximum absolute atomic E-state index is 15.6. The lowest BCUT2D eigenvalue weighted by Crippen LogP contribution is -2.43. The molecular weight excluding hydrogens is 593 g/mol. The molecule has 2 unspecified atom stereocenters. The van der Waals surface area contributed by atoms with Crippen molar-refractivity contribution in [2.75, 3.05) is 19.5 Å². The van der Waals surface area contributed by atoms with Crippen molar-refractivity contribution in [3.05, 3.63) is 51.5 Å². The van der Waals surface area contributed by atoms with E-state index in [0.29, 0.717) is 5.30 Å². The Balaban J connectivity index is 1.85. The minimum absolute atomic E-state index is 0.0495. The number of hydrogen-bond acceptors (Lipinski definition) is 9. The fourth-order valence-corrected chi connectivity index (χ4v) is 8.46. The van der Waals surface area contributed by atoms with E-state index in [0.717, 1.165) is 16.0 Å². The number of benzene rings is 1. The number of esters is 1. The first kappa shape index (κ1) is 29.8. The average molecular weight is 623 g/mol. The summed E-state index contributed by atoms with van der Waals surface area (Å²) < 4.78 is 47.6. The highest BCUT2D eigenvalue weighted by Gasteiger charge is 2.55. The number of methoxy groups -OCH3 is 1. The predicted molar refractivity (Wildman–Crippen MR) is 142 cm³/mol. The highest BCUT2D eigenvalue weighted by atomic mass is 79.9. The molecular formula is C22H30BrFN4O7P2. The maximum atomic E-state index is 15.6. The van der Waals surface area contributed by atoms with E-state index in [4.69, 9.17) is 19.7 Å². The molecule has 0 bridgehead atoms. The summed E-state index contributed by atoms with van der Waals surface area (Å²) in [4.78, 5) is 28.2. The monoisotopic (exact) mass is 622 g/mol. The van der Waals surface area contributed by atoms with Crippen LogP contribution in [0.2, 0.25) is 0 Å². The van der Waals surface area contributed by atoms with Crippen molar-refractivity contribution in [2.45, 2.75) is 50.9 Å². The van der Waals surface area contributed by atoms with Gasteiger partial charge in [-0.1, -0.05) is 41.9 Å². The van der Waals surface area contributed by atoms with Gasteiger partial charge in [0.2, 0.25) is 0 Å². The first-order valence-corrected chi connectivity index (χ1v) is 15.5. The van der Waals surface area contributed by atoms with Crippen LogP contribution in [0.1, 0.15) is 27.0 Å². The van der Waals surface area contributed by atoms with Gasteiger partial charge < -0.3 is 24.8 Å². The summed E-state index contributed by atoms with van der Waals surface area (Å²) in [7, 11) is -3.02. The quantitative estimate of drug-likeness (QED) is 0.266. The van der Waals surface area contributed by atoms with E-state index >= 15 is 4.39 Å². The molecule has 0 saturated carbocycles. The normalized spacial score (nSPS) is 26.4. The van der Waals surface area contributed by atoms with Gasteiger partial charge in [0.15, 0.2) is 11.9 Å². The lowest BCUT2D eigenvalue weighted by atomic mass is 9.98. The molecule has 204 valence electrons. The highest BCUT2D eigenvalue weighted by Crippen LogP contribution is 2.61. The summed E-state index contributed by atoms with van der Waals surface area (Å²) in [5, 5.41) is 14.2. The maximum Gasteiger partial charge on any atom is 0.351 e. The number of carbonyl (C=O) groups is 1. The number of nitrogens with one attached hydrogen (secondary N) is 1. The zero-order valence-electron chi connectivity index (χ0n) is 20.6. The van der Waals surface area contributed by atoms with Crippen LogP contribution in [-0.2, 0) is 23.4 Å². The van der Waals surface area contributed by atoms with E-state index < -0.39 is 63.9 Å². The van der Waals surface area contributed by atoms with Crippen LogP contribution in [0.25, 0.3) is 0 Å². The van der Waals surface area contributed by atoms with Gasteiger partial charge in [0, 0.05) is 18.9 Å². The van der Waals surface area contributed by atoms with E-state index in [-0.39, 0.29) is 11.7 Å². The number of halogens is 2. The zero-order chi connectivity index (χ0) is 27.5. The Kier molecular flexibility index (Phi) is 9.66. The van der Waals surface area contributed by atoms with Crippen molar-refractivity contribution in [1.82, 2.24) is 14.6 Å². The van der Waals surface area contributed by atoms with Crippen LogP contribution in [-0.4, -0.2) is 58.3 Å². The number of ether oxygens (including phenoxy) is 2. The largest absolute Gasteiger partial charge is 0.468 e. The van der Waals surface area contributed by atoms with Crippen molar-refractivity contribution >= 4 is 48.5 Å². The average Bonchev–Trinajstić information content (AvgIpc) is 3.06. The summed E-state index contributed by atoms with van der Waals surface area (Å²) in [5.41, 5.74) is 2.24. The van der Waals surface area contributed by atoms with Gasteiger partial charge in [0.25, 0.3) is 7.21 Å². The lowest BCUT2D eigenvalue weighted by Gasteiger charge is -2.28. The smallest absolute Gasteiger partial charge is 0.351 e. The minimum atomic E-state index is -3.81. The highest BCUT2D eigenvalue weighted by molar-refractivity contribution is 9.10. The summed E-state index contributed by atoms with van der Waals surface area (Å²) in [5.74, 6) is -0.967. The fourth-order valence-electron chi connectivity index (χ4n) is 3.71. The fraction of sp³-hybridized carbons (Fsp3) is 0.500. The topological polar surface area (TPSA) is 155 Å². The molecule has 1 aliphatic rings. The molecule has 0 amide bonds. The van der Waals surface area contributed by atoms with E-state index in [9.17, 15) is 19.3 Å². The molecule has 1 aliphatic heterocycles. The van der Waals surface area contributed by atoms with E-state index in [1.54, 1.807) is 38.1 Å². The number of carbonyl (C=O) groups excluding carboxylic acids is 1. The number of aliphatic hydroxyl groups is 1. The van der Waals surface area contributed by atoms with Gasteiger partial charge in [0.1, 0.15) is 24.1 Å². The number of nitrogens with zero attached hydrogens (tertiary/aromatic N) is 2. The first-order chi connectivity index (χ1) is 17.3. The number of aliphatic hydroxyl groups excluding tert-OH is 1. The molecule has 7 atom stereocenters. The molecule has 4 N–H and O–H groups in total. The third kappa shape index (κ3) is 7.03. The summed E-state index contributed by atoms with van der Waals surface area (Å²) in [6.45, 7) is 4.10. The van der Waals surface area contributed by atoms with Crippen LogP contribution in [0.15, 0.2) is 45.8 Å². The number of alkyl halides is 1.